The van der Waals surface area contributed by atoms with Gasteiger partial charge in [0, 0.05) is 24.7 Å². The number of hydrogen-bond acceptors (Lipinski definition) is 5. The SMILES string of the molecule is CCNc1ncnc(N(CCO)C(CC)CC)c1CC. The van der Waals surface area contributed by atoms with Gasteiger partial charge in [-0.3, -0.25) is 0 Å². The molecule has 0 saturated heterocycles. The van der Waals surface area contributed by atoms with Crippen LogP contribution in [0.1, 0.15) is 46.1 Å². The van der Waals surface area contributed by atoms with Crippen molar-refractivity contribution < 1.29 is 5.11 Å². The predicted octanol–water partition coefficient (Wildman–Crippen LogP) is 2.46. The van der Waals surface area contributed by atoms with Gasteiger partial charge in [-0.15, -0.1) is 0 Å². The molecule has 20 heavy (non-hydrogen) atoms. The minimum atomic E-state index is 0.139. The summed E-state index contributed by atoms with van der Waals surface area (Å²) < 4.78 is 0. The van der Waals surface area contributed by atoms with E-state index in [2.05, 4.69) is 47.9 Å². The van der Waals surface area contributed by atoms with Crippen LogP contribution in [-0.4, -0.2) is 40.8 Å². The molecule has 1 aromatic heterocycles. The normalized spacial score (nSPS) is 10.9. The monoisotopic (exact) mass is 280 g/mol. The van der Waals surface area contributed by atoms with Crippen LogP contribution in [0.3, 0.4) is 0 Å². The molecule has 0 aliphatic rings. The van der Waals surface area contributed by atoms with Crippen LogP contribution in [0.4, 0.5) is 11.6 Å². The number of nitrogens with zero attached hydrogens (tertiary/aromatic N) is 3. The maximum absolute atomic E-state index is 9.37. The number of aromatic nitrogens is 2. The number of aliphatic hydroxyl groups is 1. The maximum atomic E-state index is 9.37. The van der Waals surface area contributed by atoms with Gasteiger partial charge in [0.15, 0.2) is 0 Å². The van der Waals surface area contributed by atoms with Gasteiger partial charge < -0.3 is 15.3 Å². The Morgan fingerprint density at radius 1 is 1.20 bits per heavy atom. The van der Waals surface area contributed by atoms with E-state index < -0.39 is 0 Å². The highest BCUT2D eigenvalue weighted by Crippen LogP contribution is 2.27. The summed E-state index contributed by atoms with van der Waals surface area (Å²) in [6.45, 7) is 10.1. The first-order chi connectivity index (χ1) is 9.73. The van der Waals surface area contributed by atoms with Crippen LogP contribution < -0.4 is 10.2 Å². The third-order valence-corrected chi connectivity index (χ3v) is 3.62. The molecule has 2 N–H and O–H groups in total. The van der Waals surface area contributed by atoms with Gasteiger partial charge in [0.2, 0.25) is 0 Å². The van der Waals surface area contributed by atoms with Crippen LogP contribution in [0.15, 0.2) is 6.33 Å². The molecule has 114 valence electrons. The molecule has 0 aromatic carbocycles. The lowest BCUT2D eigenvalue weighted by molar-refractivity contribution is 0.295. The Morgan fingerprint density at radius 2 is 1.90 bits per heavy atom. The van der Waals surface area contributed by atoms with E-state index in [-0.39, 0.29) is 6.61 Å². The van der Waals surface area contributed by atoms with Crippen molar-refractivity contribution in [1.29, 1.82) is 0 Å². The molecular weight excluding hydrogens is 252 g/mol. The van der Waals surface area contributed by atoms with E-state index >= 15 is 0 Å². The Morgan fingerprint density at radius 3 is 2.40 bits per heavy atom. The van der Waals surface area contributed by atoms with Crippen LogP contribution in [-0.2, 0) is 6.42 Å². The zero-order chi connectivity index (χ0) is 15.0. The predicted molar refractivity (Wildman–Crippen MR) is 84.4 cm³/mol. The molecule has 0 unspecified atom stereocenters. The Hall–Kier alpha value is -1.36. The molecule has 0 aliphatic carbocycles. The maximum Gasteiger partial charge on any atom is 0.137 e. The zero-order valence-corrected chi connectivity index (χ0v) is 13.2. The third-order valence-electron chi connectivity index (χ3n) is 3.62. The molecule has 0 saturated carbocycles. The van der Waals surface area contributed by atoms with Crippen molar-refractivity contribution in [3.8, 4) is 0 Å². The van der Waals surface area contributed by atoms with Gasteiger partial charge in [-0.2, -0.15) is 0 Å². The molecule has 0 atom stereocenters. The van der Waals surface area contributed by atoms with Crippen molar-refractivity contribution in [3.63, 3.8) is 0 Å². The molecule has 0 amide bonds. The van der Waals surface area contributed by atoms with E-state index in [4.69, 9.17) is 0 Å². The molecule has 1 rings (SSSR count). The van der Waals surface area contributed by atoms with Crippen molar-refractivity contribution in [2.24, 2.45) is 0 Å². The molecule has 0 radical (unpaired) electrons. The van der Waals surface area contributed by atoms with Gasteiger partial charge >= 0.3 is 0 Å². The molecule has 0 bridgehead atoms. The van der Waals surface area contributed by atoms with Crippen LogP contribution in [0.25, 0.3) is 0 Å². The summed E-state index contributed by atoms with van der Waals surface area (Å²) in [4.78, 5) is 11.1. The average Bonchev–Trinajstić information content (AvgIpc) is 2.47. The zero-order valence-electron chi connectivity index (χ0n) is 13.2. The van der Waals surface area contributed by atoms with Crippen LogP contribution in [0, 0.1) is 0 Å². The second kappa shape index (κ2) is 8.74. The van der Waals surface area contributed by atoms with E-state index in [0.717, 1.165) is 43.0 Å². The van der Waals surface area contributed by atoms with E-state index in [0.29, 0.717) is 12.6 Å². The van der Waals surface area contributed by atoms with E-state index in [9.17, 15) is 5.11 Å². The molecule has 1 heterocycles. The Kier molecular flexibility index (Phi) is 7.30. The first-order valence-corrected chi connectivity index (χ1v) is 7.68. The lowest BCUT2D eigenvalue weighted by Crippen LogP contribution is -2.38. The van der Waals surface area contributed by atoms with Crippen molar-refractivity contribution in [1.82, 2.24) is 9.97 Å². The second-order valence-electron chi connectivity index (χ2n) is 4.80. The minimum absolute atomic E-state index is 0.139. The number of anilines is 2. The minimum Gasteiger partial charge on any atom is -0.395 e. The van der Waals surface area contributed by atoms with Gasteiger partial charge in [0.25, 0.3) is 0 Å². The van der Waals surface area contributed by atoms with Gasteiger partial charge in [-0.25, -0.2) is 9.97 Å². The second-order valence-corrected chi connectivity index (χ2v) is 4.80. The number of hydrogen-bond donors (Lipinski definition) is 2. The summed E-state index contributed by atoms with van der Waals surface area (Å²) in [5.41, 5.74) is 1.13. The van der Waals surface area contributed by atoms with Crippen molar-refractivity contribution in [2.45, 2.75) is 53.0 Å². The average molecular weight is 280 g/mol. The molecule has 0 spiro atoms. The Bertz CT molecular complexity index is 393. The first kappa shape index (κ1) is 16.7. The van der Waals surface area contributed by atoms with Gasteiger partial charge in [-0.05, 0) is 26.2 Å². The van der Waals surface area contributed by atoms with E-state index in [1.54, 1.807) is 6.33 Å². The van der Waals surface area contributed by atoms with Gasteiger partial charge in [0.05, 0.1) is 6.61 Å². The molecule has 1 aromatic rings. The number of nitrogens with one attached hydrogen (secondary N) is 1. The largest absolute Gasteiger partial charge is 0.395 e. The quantitative estimate of drug-likeness (QED) is 0.727. The molecular formula is C15H28N4O. The van der Waals surface area contributed by atoms with E-state index in [1.165, 1.54) is 0 Å². The molecule has 0 fully saturated rings. The van der Waals surface area contributed by atoms with Crippen molar-refractivity contribution in [2.75, 3.05) is 29.9 Å². The molecule has 5 heteroatoms. The Balaban J connectivity index is 3.20. The fraction of sp³-hybridized carbons (Fsp3) is 0.733. The summed E-state index contributed by atoms with van der Waals surface area (Å²) in [6, 6.07) is 0.400. The summed E-state index contributed by atoms with van der Waals surface area (Å²) >= 11 is 0. The fourth-order valence-electron chi connectivity index (χ4n) is 2.59. The lowest BCUT2D eigenvalue weighted by Gasteiger charge is -2.32. The van der Waals surface area contributed by atoms with E-state index in [1.807, 2.05) is 0 Å². The highest BCUT2D eigenvalue weighted by Gasteiger charge is 2.21. The van der Waals surface area contributed by atoms with Crippen LogP contribution in [0.5, 0.6) is 0 Å². The lowest BCUT2D eigenvalue weighted by atomic mass is 10.1. The molecule has 0 aliphatic heterocycles. The third kappa shape index (κ3) is 3.82. The summed E-state index contributed by atoms with van der Waals surface area (Å²) in [7, 11) is 0. The highest BCUT2D eigenvalue weighted by molar-refractivity contribution is 5.59. The van der Waals surface area contributed by atoms with Crippen LogP contribution in [0.2, 0.25) is 0 Å². The van der Waals surface area contributed by atoms with Gasteiger partial charge in [0.1, 0.15) is 18.0 Å². The van der Waals surface area contributed by atoms with Crippen molar-refractivity contribution >= 4 is 11.6 Å². The Labute approximate surface area is 122 Å². The van der Waals surface area contributed by atoms with Gasteiger partial charge in [-0.1, -0.05) is 20.8 Å². The molecule has 5 nitrogen and oxygen atoms in total. The number of rotatable bonds is 9. The highest BCUT2D eigenvalue weighted by atomic mass is 16.3. The summed E-state index contributed by atoms with van der Waals surface area (Å²) in [5, 5.41) is 12.7. The fourth-order valence-corrected chi connectivity index (χ4v) is 2.59. The smallest absolute Gasteiger partial charge is 0.137 e. The topological polar surface area (TPSA) is 61.3 Å². The first-order valence-electron chi connectivity index (χ1n) is 7.68. The van der Waals surface area contributed by atoms with Crippen molar-refractivity contribution in [3.05, 3.63) is 11.9 Å². The van der Waals surface area contributed by atoms with Crippen LogP contribution >= 0.6 is 0 Å². The summed E-state index contributed by atoms with van der Waals surface area (Å²) in [6.07, 6.45) is 4.57. The standard InChI is InChI=1S/C15H28N4O/c1-5-12(6-2)19(9-10-20)15-13(7-3)14(16-8-4)17-11-18-15/h11-12,20H,5-10H2,1-4H3,(H,16,17,18). The summed E-state index contributed by atoms with van der Waals surface area (Å²) in [5.74, 6) is 1.87. The number of aliphatic hydroxyl groups excluding tert-OH is 1.